The van der Waals surface area contributed by atoms with E-state index in [1.165, 1.54) is 18.2 Å². The van der Waals surface area contributed by atoms with Crippen molar-refractivity contribution in [2.45, 2.75) is 18.9 Å². The average molecular weight is 465 g/mol. The summed E-state index contributed by atoms with van der Waals surface area (Å²) in [6, 6.07) is 10.5. The molecule has 152 valence electrons. The van der Waals surface area contributed by atoms with Crippen LogP contribution in [0.3, 0.4) is 0 Å². The molecule has 7 nitrogen and oxygen atoms in total. The summed E-state index contributed by atoms with van der Waals surface area (Å²) in [7, 11) is 0. The number of nitrogens with one attached hydrogen (secondary N) is 2. The fourth-order valence-electron chi connectivity index (χ4n) is 2.38. The number of ether oxygens (including phenoxy) is 2. The van der Waals surface area contributed by atoms with Crippen molar-refractivity contribution in [3.8, 4) is 5.75 Å². The average Bonchev–Trinajstić information content (AvgIpc) is 3.50. The van der Waals surface area contributed by atoms with Crippen molar-refractivity contribution >= 4 is 39.4 Å². The van der Waals surface area contributed by atoms with Crippen molar-refractivity contribution in [2.24, 2.45) is 0 Å². The number of para-hydroxylation sites is 1. The zero-order valence-electron chi connectivity index (χ0n) is 15.2. The van der Waals surface area contributed by atoms with Crippen LogP contribution in [0.2, 0.25) is 0 Å². The number of esters is 1. The predicted octanol–water partition coefficient (Wildman–Crippen LogP) is 3.04. The normalized spacial score (nSPS) is 12.8. The van der Waals surface area contributed by atoms with Crippen LogP contribution in [-0.2, 0) is 14.3 Å². The van der Waals surface area contributed by atoms with Gasteiger partial charge in [-0.3, -0.25) is 9.59 Å². The van der Waals surface area contributed by atoms with E-state index in [9.17, 15) is 18.8 Å². The fraction of sp³-hybridized carbons (Fsp3) is 0.250. The Hall–Kier alpha value is -2.94. The number of amides is 2. The van der Waals surface area contributed by atoms with Crippen molar-refractivity contribution in [3.63, 3.8) is 0 Å². The Morgan fingerprint density at radius 3 is 2.59 bits per heavy atom. The number of hydrogen-bond acceptors (Lipinski definition) is 5. The molecule has 0 unspecified atom stereocenters. The van der Waals surface area contributed by atoms with Crippen LogP contribution in [0, 0.1) is 5.82 Å². The highest BCUT2D eigenvalue weighted by Crippen LogP contribution is 2.25. The Balaban J connectivity index is 1.47. The molecule has 1 saturated carbocycles. The van der Waals surface area contributed by atoms with Crippen LogP contribution < -0.4 is 15.4 Å². The van der Waals surface area contributed by atoms with Crippen molar-refractivity contribution in [1.82, 2.24) is 5.32 Å². The molecule has 3 rings (SSSR count). The van der Waals surface area contributed by atoms with E-state index < -0.39 is 30.9 Å². The van der Waals surface area contributed by atoms with E-state index in [1.54, 1.807) is 24.3 Å². The smallest absolute Gasteiger partial charge is 0.344 e. The topological polar surface area (TPSA) is 93.7 Å². The summed E-state index contributed by atoms with van der Waals surface area (Å²) in [4.78, 5) is 36.1. The second kappa shape index (κ2) is 9.51. The second-order valence-electron chi connectivity index (χ2n) is 6.37. The minimum atomic E-state index is -0.767. The molecule has 2 aromatic carbocycles. The van der Waals surface area contributed by atoms with Gasteiger partial charge in [-0.2, -0.15) is 0 Å². The minimum Gasteiger partial charge on any atom is -0.481 e. The predicted molar refractivity (Wildman–Crippen MR) is 106 cm³/mol. The molecular formula is C20H18BrFN2O5. The maximum absolute atomic E-state index is 13.0. The van der Waals surface area contributed by atoms with Crippen LogP contribution in [0.1, 0.15) is 23.2 Å². The Morgan fingerprint density at radius 1 is 1.10 bits per heavy atom. The van der Waals surface area contributed by atoms with E-state index in [1.807, 2.05) is 0 Å². The van der Waals surface area contributed by atoms with Crippen LogP contribution in [0.15, 0.2) is 46.9 Å². The molecule has 0 heterocycles. The summed E-state index contributed by atoms with van der Waals surface area (Å²) in [6.45, 7) is -0.983. The molecule has 0 radical (unpaired) electrons. The maximum atomic E-state index is 13.0. The number of carbonyl (C=O) groups excluding carboxylic acids is 3. The highest BCUT2D eigenvalue weighted by atomic mass is 79.9. The lowest BCUT2D eigenvalue weighted by atomic mass is 10.1. The first-order chi connectivity index (χ1) is 13.9. The van der Waals surface area contributed by atoms with Crippen LogP contribution in [0.4, 0.5) is 10.1 Å². The largest absolute Gasteiger partial charge is 0.481 e. The SMILES string of the molecule is O=C(COC(=O)COc1ccc(F)cc1Br)Nc1ccccc1C(=O)NC1CC1. The van der Waals surface area contributed by atoms with Gasteiger partial charge in [0.1, 0.15) is 11.6 Å². The van der Waals surface area contributed by atoms with Gasteiger partial charge in [0.25, 0.3) is 11.8 Å². The summed E-state index contributed by atoms with van der Waals surface area (Å²) in [5.74, 6) is -1.80. The molecule has 0 bridgehead atoms. The van der Waals surface area contributed by atoms with Gasteiger partial charge < -0.3 is 20.1 Å². The third-order valence-electron chi connectivity index (χ3n) is 3.96. The molecule has 0 aromatic heterocycles. The first-order valence-corrected chi connectivity index (χ1v) is 9.65. The van der Waals surface area contributed by atoms with E-state index in [4.69, 9.17) is 9.47 Å². The third kappa shape index (κ3) is 6.28. The lowest BCUT2D eigenvalue weighted by molar-refractivity contribution is -0.149. The van der Waals surface area contributed by atoms with Gasteiger partial charge in [-0.15, -0.1) is 0 Å². The Morgan fingerprint density at radius 2 is 1.86 bits per heavy atom. The zero-order chi connectivity index (χ0) is 20.8. The molecule has 9 heteroatoms. The second-order valence-corrected chi connectivity index (χ2v) is 7.22. The van der Waals surface area contributed by atoms with Crippen LogP contribution in [0.5, 0.6) is 5.75 Å². The Kier molecular flexibility index (Phi) is 6.82. The van der Waals surface area contributed by atoms with Gasteiger partial charge in [0.05, 0.1) is 15.7 Å². The molecule has 0 spiro atoms. The monoisotopic (exact) mass is 464 g/mol. The van der Waals surface area contributed by atoms with Crippen LogP contribution in [-0.4, -0.2) is 37.0 Å². The zero-order valence-corrected chi connectivity index (χ0v) is 16.8. The third-order valence-corrected chi connectivity index (χ3v) is 4.58. The quantitative estimate of drug-likeness (QED) is 0.585. The number of benzene rings is 2. The first-order valence-electron chi connectivity index (χ1n) is 8.85. The number of rotatable bonds is 8. The number of halogens is 2. The maximum Gasteiger partial charge on any atom is 0.344 e. The van der Waals surface area contributed by atoms with E-state index in [0.29, 0.717) is 15.7 Å². The van der Waals surface area contributed by atoms with Crippen molar-refractivity contribution in [1.29, 1.82) is 0 Å². The lowest BCUT2D eigenvalue weighted by Gasteiger charge is -2.12. The van der Waals surface area contributed by atoms with Gasteiger partial charge in [0.2, 0.25) is 0 Å². The highest BCUT2D eigenvalue weighted by molar-refractivity contribution is 9.10. The summed E-state index contributed by atoms with van der Waals surface area (Å²) >= 11 is 3.12. The van der Waals surface area contributed by atoms with Gasteiger partial charge >= 0.3 is 5.97 Å². The summed E-state index contributed by atoms with van der Waals surface area (Å²) in [5, 5.41) is 5.42. The van der Waals surface area contributed by atoms with E-state index in [2.05, 4.69) is 26.6 Å². The van der Waals surface area contributed by atoms with Gasteiger partial charge in [-0.25, -0.2) is 9.18 Å². The van der Waals surface area contributed by atoms with Gasteiger partial charge in [-0.05, 0) is 59.1 Å². The summed E-state index contributed by atoms with van der Waals surface area (Å²) in [6.07, 6.45) is 1.90. The molecule has 1 fully saturated rings. The molecule has 2 aromatic rings. The Labute approximate surface area is 174 Å². The number of carbonyl (C=O) groups is 3. The Bertz CT molecular complexity index is 933. The molecule has 29 heavy (non-hydrogen) atoms. The molecule has 2 amide bonds. The summed E-state index contributed by atoms with van der Waals surface area (Å²) < 4.78 is 23.5. The number of hydrogen-bond donors (Lipinski definition) is 2. The minimum absolute atomic E-state index is 0.188. The molecule has 0 atom stereocenters. The summed E-state index contributed by atoms with van der Waals surface area (Å²) in [5.41, 5.74) is 0.668. The lowest BCUT2D eigenvalue weighted by Crippen LogP contribution is -2.28. The highest BCUT2D eigenvalue weighted by Gasteiger charge is 2.25. The first kappa shape index (κ1) is 20.8. The van der Waals surface area contributed by atoms with E-state index >= 15 is 0 Å². The fourth-order valence-corrected chi connectivity index (χ4v) is 2.85. The standard InChI is InChI=1S/C20H18BrFN2O5/c21-15-9-12(22)5-8-17(15)28-11-19(26)29-10-18(25)24-16-4-2-1-3-14(16)20(27)23-13-6-7-13/h1-5,8-9,13H,6-7,10-11H2,(H,23,27)(H,24,25). The van der Waals surface area contributed by atoms with E-state index in [0.717, 1.165) is 12.8 Å². The van der Waals surface area contributed by atoms with E-state index in [-0.39, 0.29) is 17.7 Å². The molecule has 0 aliphatic heterocycles. The van der Waals surface area contributed by atoms with Crippen LogP contribution >= 0.6 is 15.9 Å². The molecule has 1 aliphatic carbocycles. The molecule has 2 N–H and O–H groups in total. The van der Waals surface area contributed by atoms with Crippen LogP contribution in [0.25, 0.3) is 0 Å². The number of anilines is 1. The van der Waals surface area contributed by atoms with Crippen molar-refractivity contribution in [2.75, 3.05) is 18.5 Å². The molecular weight excluding hydrogens is 447 g/mol. The van der Waals surface area contributed by atoms with Gasteiger partial charge in [0, 0.05) is 6.04 Å². The molecule has 1 aliphatic rings. The van der Waals surface area contributed by atoms with Gasteiger partial charge in [-0.1, -0.05) is 12.1 Å². The molecule has 0 saturated heterocycles. The van der Waals surface area contributed by atoms with Gasteiger partial charge in [0.15, 0.2) is 13.2 Å². The van der Waals surface area contributed by atoms with Crippen molar-refractivity contribution in [3.05, 3.63) is 58.3 Å². The van der Waals surface area contributed by atoms with Crippen molar-refractivity contribution < 1.29 is 28.2 Å².